The van der Waals surface area contributed by atoms with Crippen molar-refractivity contribution >= 4 is 18.2 Å². The van der Waals surface area contributed by atoms with E-state index in [2.05, 4.69) is 74.6 Å². The maximum atomic E-state index is 5.65. The summed E-state index contributed by atoms with van der Waals surface area (Å²) in [5.41, 5.74) is 3.71. The molecule has 1 aliphatic rings. The van der Waals surface area contributed by atoms with Crippen molar-refractivity contribution in [2.75, 3.05) is 13.1 Å². The first-order valence-electron chi connectivity index (χ1n) is 10.2. The van der Waals surface area contributed by atoms with Gasteiger partial charge in [-0.15, -0.1) is 0 Å². The molecular formula is C23H34N3P. The van der Waals surface area contributed by atoms with Crippen LogP contribution in [0.15, 0.2) is 47.5 Å². The summed E-state index contributed by atoms with van der Waals surface area (Å²) in [6, 6.07) is 11.1. The van der Waals surface area contributed by atoms with Crippen molar-refractivity contribution in [3.63, 3.8) is 0 Å². The van der Waals surface area contributed by atoms with Crippen molar-refractivity contribution in [1.82, 2.24) is 9.65 Å². The van der Waals surface area contributed by atoms with Gasteiger partial charge in [-0.05, 0) is 50.5 Å². The smallest absolute Gasteiger partial charge is 0.0721 e. The van der Waals surface area contributed by atoms with Gasteiger partial charge in [0.15, 0.2) is 0 Å². The highest BCUT2D eigenvalue weighted by molar-refractivity contribution is 7.73. The van der Waals surface area contributed by atoms with E-state index >= 15 is 0 Å². The van der Waals surface area contributed by atoms with E-state index in [1.807, 2.05) is 12.4 Å². The lowest BCUT2D eigenvalue weighted by Gasteiger charge is -2.45. The van der Waals surface area contributed by atoms with Gasteiger partial charge in [0, 0.05) is 35.9 Å². The molecule has 0 N–H and O–H groups in total. The number of nitrogens with zero attached hydrogens (tertiary/aromatic N) is 3. The van der Waals surface area contributed by atoms with E-state index in [0.29, 0.717) is 0 Å². The van der Waals surface area contributed by atoms with E-state index in [9.17, 15) is 0 Å². The average molecular weight is 384 g/mol. The first kappa shape index (κ1) is 20.3. The zero-order valence-corrected chi connectivity index (χ0v) is 18.5. The van der Waals surface area contributed by atoms with Crippen LogP contribution in [0, 0.1) is 13.8 Å². The summed E-state index contributed by atoms with van der Waals surface area (Å²) in [6.45, 7) is 13.7. The third-order valence-corrected chi connectivity index (χ3v) is 10.2. The molecule has 0 radical (unpaired) electrons. The van der Waals surface area contributed by atoms with Gasteiger partial charge in [0.25, 0.3) is 0 Å². The second-order valence-corrected chi connectivity index (χ2v) is 12.6. The zero-order chi connectivity index (χ0) is 19.5. The molecule has 2 aromatic rings. The minimum absolute atomic E-state index is 0.0516. The third kappa shape index (κ3) is 4.20. The highest BCUT2D eigenvalue weighted by Crippen LogP contribution is 2.64. The molecule has 0 unspecified atom stereocenters. The van der Waals surface area contributed by atoms with Crippen LogP contribution in [-0.2, 0) is 0 Å². The Labute approximate surface area is 165 Å². The van der Waals surface area contributed by atoms with Crippen LogP contribution in [0.25, 0.3) is 0 Å². The second-order valence-electron chi connectivity index (χ2n) is 8.74. The van der Waals surface area contributed by atoms with Gasteiger partial charge in [-0.3, -0.25) is 9.65 Å². The maximum absolute atomic E-state index is 5.65. The Bertz CT molecular complexity index is 813. The molecule has 1 aliphatic heterocycles. The standard InChI is InChI=1S/C23H34N3P/c1-19-10-11-22(20(2)18-19)25-27(23(3,4)5,21-12-14-24-15-13-21)26-16-8-6-7-9-17-26/h10-15,18H,6-9,16-17H2,1-5H3/t27-/m1/s1. The van der Waals surface area contributed by atoms with E-state index in [0.717, 1.165) is 18.8 Å². The van der Waals surface area contributed by atoms with Crippen molar-refractivity contribution in [3.05, 3.63) is 53.9 Å². The Morgan fingerprint density at radius 1 is 0.926 bits per heavy atom. The number of aromatic nitrogens is 1. The summed E-state index contributed by atoms with van der Waals surface area (Å²) in [4.78, 5) is 4.30. The molecule has 3 rings (SSSR count). The van der Waals surface area contributed by atoms with Gasteiger partial charge in [0.05, 0.1) is 12.9 Å². The van der Waals surface area contributed by atoms with Crippen LogP contribution < -0.4 is 5.30 Å². The monoisotopic (exact) mass is 383 g/mol. The number of hydrogen-bond acceptors (Lipinski definition) is 2. The highest BCUT2D eigenvalue weighted by atomic mass is 31.2. The van der Waals surface area contributed by atoms with Crippen molar-refractivity contribution in [3.8, 4) is 0 Å². The largest absolute Gasteiger partial charge is 0.265 e. The molecule has 1 saturated heterocycles. The van der Waals surface area contributed by atoms with E-state index in [-0.39, 0.29) is 5.16 Å². The number of pyridine rings is 1. The predicted octanol–water partition coefficient (Wildman–Crippen LogP) is 6.45. The van der Waals surface area contributed by atoms with Gasteiger partial charge in [-0.1, -0.05) is 51.3 Å². The Hall–Kier alpha value is -1.44. The van der Waals surface area contributed by atoms with Crippen molar-refractivity contribution < 1.29 is 0 Å². The van der Waals surface area contributed by atoms with E-state index in [4.69, 9.17) is 4.74 Å². The lowest BCUT2D eigenvalue weighted by Crippen LogP contribution is -2.37. The number of hydrogen-bond donors (Lipinski definition) is 0. The molecule has 1 fully saturated rings. The molecule has 2 heterocycles. The van der Waals surface area contributed by atoms with Gasteiger partial charge in [-0.25, -0.2) is 4.74 Å². The van der Waals surface area contributed by atoms with Crippen LogP contribution in [0.4, 0.5) is 5.69 Å². The summed E-state index contributed by atoms with van der Waals surface area (Å²) in [5.74, 6) is 0. The summed E-state index contributed by atoms with van der Waals surface area (Å²) in [7, 11) is -1.98. The number of benzene rings is 1. The number of aryl methyl sites for hydroxylation is 2. The van der Waals surface area contributed by atoms with E-state index in [1.165, 1.54) is 42.1 Å². The summed E-state index contributed by atoms with van der Waals surface area (Å²) in [5, 5.41) is 1.41. The van der Waals surface area contributed by atoms with Gasteiger partial charge in [-0.2, -0.15) is 0 Å². The van der Waals surface area contributed by atoms with Crippen LogP contribution in [0.5, 0.6) is 0 Å². The van der Waals surface area contributed by atoms with Crippen LogP contribution in [0.1, 0.15) is 57.6 Å². The second kappa shape index (κ2) is 8.29. The quantitative estimate of drug-likeness (QED) is 0.570. The Morgan fingerprint density at radius 2 is 1.56 bits per heavy atom. The van der Waals surface area contributed by atoms with Crippen LogP contribution >= 0.6 is 7.21 Å². The molecule has 0 saturated carbocycles. The summed E-state index contributed by atoms with van der Waals surface area (Å²) >= 11 is 0. The minimum Gasteiger partial charge on any atom is -0.265 e. The van der Waals surface area contributed by atoms with E-state index in [1.54, 1.807) is 0 Å². The third-order valence-electron chi connectivity index (χ3n) is 5.55. The van der Waals surface area contributed by atoms with Gasteiger partial charge in [0.1, 0.15) is 0 Å². The molecule has 0 bridgehead atoms. The number of rotatable bonds is 3. The molecule has 27 heavy (non-hydrogen) atoms. The highest BCUT2D eigenvalue weighted by Gasteiger charge is 2.41. The minimum atomic E-state index is -1.98. The molecule has 1 aromatic carbocycles. The molecule has 0 spiro atoms. The van der Waals surface area contributed by atoms with Gasteiger partial charge >= 0.3 is 0 Å². The fourth-order valence-corrected chi connectivity index (χ4v) is 8.65. The van der Waals surface area contributed by atoms with Crippen molar-refractivity contribution in [2.24, 2.45) is 4.74 Å². The van der Waals surface area contributed by atoms with Crippen molar-refractivity contribution in [2.45, 2.75) is 65.5 Å². The van der Waals surface area contributed by atoms with Crippen LogP contribution in [0.2, 0.25) is 0 Å². The molecule has 3 nitrogen and oxygen atoms in total. The fraction of sp³-hybridized carbons (Fsp3) is 0.522. The first-order chi connectivity index (χ1) is 12.8. The topological polar surface area (TPSA) is 28.5 Å². The van der Waals surface area contributed by atoms with Crippen LogP contribution in [-0.4, -0.2) is 27.9 Å². The molecule has 1 aromatic heterocycles. The summed E-state index contributed by atoms with van der Waals surface area (Å²) < 4.78 is 8.39. The normalized spacial score (nSPS) is 18.6. The Balaban J connectivity index is 2.31. The van der Waals surface area contributed by atoms with Gasteiger partial charge < -0.3 is 0 Å². The van der Waals surface area contributed by atoms with Crippen molar-refractivity contribution in [1.29, 1.82) is 0 Å². The first-order valence-corrected chi connectivity index (χ1v) is 11.9. The lowest BCUT2D eigenvalue weighted by atomic mass is 10.1. The Kier molecular flexibility index (Phi) is 6.23. The molecular weight excluding hydrogens is 349 g/mol. The average Bonchev–Trinajstić information content (AvgIpc) is 2.90. The maximum Gasteiger partial charge on any atom is 0.0721 e. The van der Waals surface area contributed by atoms with E-state index < -0.39 is 7.21 Å². The SMILES string of the molecule is Cc1ccc(N=[P@](c2ccncc2)(N2CCCCCC2)C(C)(C)C)c(C)c1. The predicted molar refractivity (Wildman–Crippen MR) is 119 cm³/mol. The molecule has 4 heteroatoms. The van der Waals surface area contributed by atoms with Gasteiger partial charge in [0.2, 0.25) is 0 Å². The Morgan fingerprint density at radius 3 is 2.11 bits per heavy atom. The fourth-order valence-electron chi connectivity index (χ4n) is 4.21. The molecule has 146 valence electrons. The summed E-state index contributed by atoms with van der Waals surface area (Å²) in [6.07, 6.45) is 9.08. The molecule has 0 amide bonds. The molecule has 1 atom stereocenters. The zero-order valence-electron chi connectivity index (χ0n) is 17.6. The lowest BCUT2D eigenvalue weighted by molar-refractivity contribution is 0.457. The van der Waals surface area contributed by atoms with Crippen LogP contribution in [0.3, 0.4) is 0 Å². The molecule has 0 aliphatic carbocycles.